The average molecular weight is 290 g/mol. The molecule has 2 bridgehead atoms. The van der Waals surface area contributed by atoms with Crippen molar-refractivity contribution in [2.75, 3.05) is 0 Å². The van der Waals surface area contributed by atoms with E-state index in [0.717, 1.165) is 13.0 Å². The van der Waals surface area contributed by atoms with Gasteiger partial charge in [-0.25, -0.2) is 0 Å². The molecule has 1 aromatic heterocycles. The Bertz CT molecular complexity index is 690. The van der Waals surface area contributed by atoms with E-state index >= 15 is 0 Å². The van der Waals surface area contributed by atoms with Crippen LogP contribution >= 0.6 is 0 Å². The molecule has 4 rings (SSSR count). The van der Waals surface area contributed by atoms with Crippen molar-refractivity contribution >= 4 is 5.57 Å². The minimum atomic E-state index is 0.580. The zero-order valence-corrected chi connectivity index (χ0v) is 13.1. The van der Waals surface area contributed by atoms with Crippen LogP contribution in [0.3, 0.4) is 0 Å². The van der Waals surface area contributed by atoms with Crippen LogP contribution in [0.5, 0.6) is 0 Å². The van der Waals surface area contributed by atoms with Crippen molar-refractivity contribution in [3.8, 4) is 0 Å². The Labute approximate surface area is 132 Å². The molecule has 22 heavy (non-hydrogen) atoms. The number of fused-ring (bicyclic) bond motifs is 2. The van der Waals surface area contributed by atoms with E-state index < -0.39 is 0 Å². The van der Waals surface area contributed by atoms with Crippen molar-refractivity contribution in [3.05, 3.63) is 71.6 Å². The van der Waals surface area contributed by atoms with Crippen molar-refractivity contribution in [1.29, 1.82) is 0 Å². The highest BCUT2D eigenvalue weighted by Crippen LogP contribution is 2.38. The average Bonchev–Trinajstić information content (AvgIpc) is 2.78. The molecule has 3 heterocycles. The van der Waals surface area contributed by atoms with Crippen LogP contribution in [0.2, 0.25) is 0 Å². The molecular weight excluding hydrogens is 268 g/mol. The van der Waals surface area contributed by atoms with Gasteiger partial charge in [-0.1, -0.05) is 36.4 Å². The first-order chi connectivity index (χ1) is 10.8. The Morgan fingerprint density at radius 2 is 2.00 bits per heavy atom. The standard InChI is InChI=1S/C20H22N2/c1-15-9-10-21-20(11-15)17-12-18-7-8-19(13-17)22(18)14-16-5-3-2-4-6-16/h2-6,9-12,18-19H,7-8,13-14H2,1H3. The SMILES string of the molecule is Cc1ccnc(C2=CC3CCC(C2)N3Cc2ccccc2)c1. The molecule has 2 unspecified atom stereocenters. The van der Waals surface area contributed by atoms with Crippen LogP contribution in [0, 0.1) is 6.92 Å². The minimum absolute atomic E-state index is 0.580. The van der Waals surface area contributed by atoms with Crippen molar-refractivity contribution < 1.29 is 0 Å². The maximum Gasteiger partial charge on any atom is 0.0662 e. The molecule has 0 aliphatic carbocycles. The van der Waals surface area contributed by atoms with Gasteiger partial charge >= 0.3 is 0 Å². The van der Waals surface area contributed by atoms with Gasteiger partial charge in [0, 0.05) is 24.8 Å². The van der Waals surface area contributed by atoms with Crippen molar-refractivity contribution in [3.63, 3.8) is 0 Å². The van der Waals surface area contributed by atoms with Gasteiger partial charge in [-0.05, 0) is 55.0 Å². The number of aromatic nitrogens is 1. The van der Waals surface area contributed by atoms with Gasteiger partial charge in [-0.15, -0.1) is 0 Å². The van der Waals surface area contributed by atoms with E-state index in [9.17, 15) is 0 Å². The summed E-state index contributed by atoms with van der Waals surface area (Å²) in [6.45, 7) is 3.21. The van der Waals surface area contributed by atoms with E-state index in [4.69, 9.17) is 0 Å². The van der Waals surface area contributed by atoms with Crippen LogP contribution in [0.25, 0.3) is 5.57 Å². The van der Waals surface area contributed by atoms with E-state index in [1.54, 1.807) is 0 Å². The van der Waals surface area contributed by atoms with E-state index in [2.05, 4.69) is 65.3 Å². The number of pyridine rings is 1. The van der Waals surface area contributed by atoms with Crippen LogP contribution in [-0.4, -0.2) is 22.0 Å². The summed E-state index contributed by atoms with van der Waals surface area (Å²) in [5, 5.41) is 0. The number of hydrogen-bond acceptors (Lipinski definition) is 2. The topological polar surface area (TPSA) is 16.1 Å². The third kappa shape index (κ3) is 2.59. The van der Waals surface area contributed by atoms with Crippen LogP contribution in [0.15, 0.2) is 54.7 Å². The third-order valence-corrected chi connectivity index (χ3v) is 4.99. The minimum Gasteiger partial charge on any atom is -0.289 e. The van der Waals surface area contributed by atoms with Crippen molar-refractivity contribution in [1.82, 2.24) is 9.88 Å². The number of hydrogen-bond donors (Lipinski definition) is 0. The van der Waals surface area contributed by atoms with Gasteiger partial charge in [0.2, 0.25) is 0 Å². The van der Waals surface area contributed by atoms with Crippen LogP contribution in [0.4, 0.5) is 0 Å². The molecule has 112 valence electrons. The highest BCUT2D eigenvalue weighted by molar-refractivity contribution is 5.65. The summed E-state index contributed by atoms with van der Waals surface area (Å²) in [6, 6.07) is 16.4. The first kappa shape index (κ1) is 13.7. The number of benzene rings is 1. The molecule has 2 aliphatic heterocycles. The molecule has 2 aliphatic rings. The second kappa shape index (κ2) is 5.69. The normalized spacial score (nSPS) is 24.3. The fourth-order valence-corrected chi connectivity index (χ4v) is 3.86. The van der Waals surface area contributed by atoms with Crippen LogP contribution in [-0.2, 0) is 6.54 Å². The molecule has 2 nitrogen and oxygen atoms in total. The Balaban J connectivity index is 1.57. The van der Waals surface area contributed by atoms with Gasteiger partial charge < -0.3 is 0 Å². The number of rotatable bonds is 3. The van der Waals surface area contributed by atoms with Gasteiger partial charge in [0.05, 0.1) is 5.69 Å². The molecule has 0 N–H and O–H groups in total. The second-order valence-electron chi connectivity index (χ2n) is 6.57. The zero-order chi connectivity index (χ0) is 14.9. The Morgan fingerprint density at radius 3 is 2.77 bits per heavy atom. The predicted octanol–water partition coefficient (Wildman–Crippen LogP) is 4.21. The van der Waals surface area contributed by atoms with Crippen LogP contribution < -0.4 is 0 Å². The van der Waals surface area contributed by atoms with E-state index in [1.165, 1.54) is 35.2 Å². The molecule has 0 amide bonds. The lowest BCUT2D eigenvalue weighted by Gasteiger charge is -2.34. The van der Waals surface area contributed by atoms with Gasteiger partial charge in [0.1, 0.15) is 0 Å². The molecule has 0 spiro atoms. The lowest BCUT2D eigenvalue weighted by Crippen LogP contribution is -2.37. The Hall–Kier alpha value is -1.93. The summed E-state index contributed by atoms with van der Waals surface area (Å²) < 4.78 is 0. The Kier molecular flexibility index (Phi) is 3.55. The van der Waals surface area contributed by atoms with Gasteiger partial charge in [-0.2, -0.15) is 0 Å². The molecule has 2 heteroatoms. The maximum absolute atomic E-state index is 4.58. The van der Waals surface area contributed by atoms with E-state index in [0.29, 0.717) is 12.1 Å². The molecule has 2 aromatic rings. The molecule has 0 saturated carbocycles. The highest BCUT2D eigenvalue weighted by Gasteiger charge is 2.36. The summed E-state index contributed by atoms with van der Waals surface area (Å²) >= 11 is 0. The van der Waals surface area contributed by atoms with Gasteiger partial charge in [0.15, 0.2) is 0 Å². The fourth-order valence-electron chi connectivity index (χ4n) is 3.86. The summed E-state index contributed by atoms with van der Waals surface area (Å²) in [6.07, 6.45) is 8.13. The first-order valence-electron chi connectivity index (χ1n) is 8.23. The smallest absolute Gasteiger partial charge is 0.0662 e. The fraction of sp³-hybridized carbons (Fsp3) is 0.350. The quantitative estimate of drug-likeness (QED) is 0.842. The molecule has 0 radical (unpaired) electrons. The largest absolute Gasteiger partial charge is 0.289 e. The molecule has 1 fully saturated rings. The van der Waals surface area contributed by atoms with Crippen molar-refractivity contribution in [2.45, 2.75) is 44.8 Å². The Morgan fingerprint density at radius 1 is 1.14 bits per heavy atom. The number of nitrogens with zero attached hydrogens (tertiary/aromatic N) is 2. The predicted molar refractivity (Wildman–Crippen MR) is 90.4 cm³/mol. The lowest BCUT2D eigenvalue weighted by molar-refractivity contribution is 0.203. The van der Waals surface area contributed by atoms with E-state index in [1.807, 2.05) is 6.20 Å². The maximum atomic E-state index is 4.58. The summed E-state index contributed by atoms with van der Waals surface area (Å²) in [5.74, 6) is 0. The molecular formula is C20H22N2. The monoisotopic (exact) mass is 290 g/mol. The van der Waals surface area contributed by atoms with Crippen molar-refractivity contribution in [2.24, 2.45) is 0 Å². The summed E-state index contributed by atoms with van der Waals surface area (Å²) in [4.78, 5) is 7.26. The van der Waals surface area contributed by atoms with Crippen LogP contribution in [0.1, 0.15) is 36.1 Å². The summed E-state index contributed by atoms with van der Waals surface area (Å²) in [7, 11) is 0. The highest BCUT2D eigenvalue weighted by atomic mass is 15.2. The first-order valence-corrected chi connectivity index (χ1v) is 8.23. The molecule has 1 saturated heterocycles. The third-order valence-electron chi connectivity index (χ3n) is 4.99. The zero-order valence-electron chi connectivity index (χ0n) is 13.1. The van der Waals surface area contributed by atoms with Gasteiger partial charge in [0.25, 0.3) is 0 Å². The summed E-state index contributed by atoms with van der Waals surface area (Å²) in [5.41, 5.74) is 5.34. The molecule has 2 atom stereocenters. The second-order valence-corrected chi connectivity index (χ2v) is 6.57. The van der Waals surface area contributed by atoms with E-state index in [-0.39, 0.29) is 0 Å². The lowest BCUT2D eigenvalue weighted by atomic mass is 9.97. The molecule has 1 aromatic carbocycles. The number of aryl methyl sites for hydroxylation is 1. The van der Waals surface area contributed by atoms with Gasteiger partial charge in [-0.3, -0.25) is 9.88 Å².